The smallest absolute Gasteiger partial charge is 0.411 e. The molecule has 1 atom stereocenters. The van der Waals surface area contributed by atoms with Crippen LogP contribution in [0.1, 0.15) is 37.5 Å². The molecule has 0 N–H and O–H groups in total. The standard InChI is InChI=1S/C16H21NO3/c1-11-5-6-12-9-17(15(19)20-16(2,3)4)14(10-18)8-13(12)7-11/h5-7,10,14H,8-9H2,1-4H3/t14-/m0/s1. The van der Waals surface area contributed by atoms with Crippen LogP contribution in [0.2, 0.25) is 0 Å². The van der Waals surface area contributed by atoms with Gasteiger partial charge in [-0.2, -0.15) is 0 Å². The number of ether oxygens (including phenoxy) is 1. The molecule has 1 aliphatic heterocycles. The topological polar surface area (TPSA) is 46.6 Å². The van der Waals surface area contributed by atoms with Crippen molar-refractivity contribution in [3.63, 3.8) is 0 Å². The van der Waals surface area contributed by atoms with Gasteiger partial charge in [-0.05, 0) is 38.8 Å². The predicted molar refractivity (Wildman–Crippen MR) is 76.5 cm³/mol. The van der Waals surface area contributed by atoms with Crippen molar-refractivity contribution in [2.24, 2.45) is 0 Å². The minimum absolute atomic E-state index is 0.425. The summed E-state index contributed by atoms with van der Waals surface area (Å²) in [5.41, 5.74) is 2.83. The normalized spacial score (nSPS) is 18.4. The molecule has 1 heterocycles. The van der Waals surface area contributed by atoms with Gasteiger partial charge in [0.2, 0.25) is 0 Å². The number of hydrogen-bond acceptors (Lipinski definition) is 3. The molecule has 1 aliphatic rings. The quantitative estimate of drug-likeness (QED) is 0.740. The third kappa shape index (κ3) is 3.18. The van der Waals surface area contributed by atoms with Crippen LogP contribution in [0.4, 0.5) is 4.79 Å². The molecule has 0 saturated heterocycles. The lowest BCUT2D eigenvalue weighted by Crippen LogP contribution is -2.47. The van der Waals surface area contributed by atoms with Gasteiger partial charge in [0.15, 0.2) is 0 Å². The Labute approximate surface area is 119 Å². The van der Waals surface area contributed by atoms with E-state index in [0.29, 0.717) is 13.0 Å². The summed E-state index contributed by atoms with van der Waals surface area (Å²) in [6, 6.07) is 5.67. The minimum Gasteiger partial charge on any atom is -0.444 e. The number of aryl methyl sites for hydroxylation is 1. The van der Waals surface area contributed by atoms with Crippen LogP contribution in [0.15, 0.2) is 18.2 Å². The molecule has 2 rings (SSSR count). The van der Waals surface area contributed by atoms with Gasteiger partial charge in [0, 0.05) is 6.42 Å². The van der Waals surface area contributed by atoms with Crippen molar-refractivity contribution in [3.05, 3.63) is 34.9 Å². The summed E-state index contributed by atoms with van der Waals surface area (Å²) in [6.07, 6.45) is 0.954. The zero-order valence-electron chi connectivity index (χ0n) is 12.5. The van der Waals surface area contributed by atoms with Crippen molar-refractivity contribution in [2.75, 3.05) is 0 Å². The van der Waals surface area contributed by atoms with Gasteiger partial charge in [0.1, 0.15) is 11.9 Å². The maximum absolute atomic E-state index is 12.2. The van der Waals surface area contributed by atoms with Crippen LogP contribution in [-0.2, 0) is 22.5 Å². The predicted octanol–water partition coefficient (Wildman–Crippen LogP) is 2.86. The van der Waals surface area contributed by atoms with Crippen molar-refractivity contribution < 1.29 is 14.3 Å². The third-order valence-corrected chi connectivity index (χ3v) is 3.32. The van der Waals surface area contributed by atoms with E-state index in [4.69, 9.17) is 4.74 Å². The molecule has 0 radical (unpaired) electrons. The highest BCUT2D eigenvalue weighted by Crippen LogP contribution is 2.25. The van der Waals surface area contributed by atoms with Gasteiger partial charge in [0.05, 0.1) is 12.6 Å². The molecule has 108 valence electrons. The van der Waals surface area contributed by atoms with E-state index in [9.17, 15) is 9.59 Å². The van der Waals surface area contributed by atoms with E-state index in [1.807, 2.05) is 39.8 Å². The molecule has 0 spiro atoms. The van der Waals surface area contributed by atoms with Crippen molar-refractivity contribution in [3.8, 4) is 0 Å². The van der Waals surface area contributed by atoms with Gasteiger partial charge < -0.3 is 9.53 Å². The zero-order chi connectivity index (χ0) is 14.9. The first-order valence-corrected chi connectivity index (χ1v) is 6.83. The molecule has 0 bridgehead atoms. The van der Waals surface area contributed by atoms with Gasteiger partial charge in [0.25, 0.3) is 0 Å². The Kier molecular flexibility index (Phi) is 3.84. The maximum Gasteiger partial charge on any atom is 0.411 e. The van der Waals surface area contributed by atoms with Crippen LogP contribution in [0.3, 0.4) is 0 Å². The van der Waals surface area contributed by atoms with Gasteiger partial charge in [-0.15, -0.1) is 0 Å². The zero-order valence-corrected chi connectivity index (χ0v) is 12.5. The SMILES string of the molecule is Cc1ccc2c(c1)C[C@@H](C=O)N(C(=O)OC(C)(C)C)C2. The molecular formula is C16H21NO3. The Morgan fingerprint density at radius 3 is 2.65 bits per heavy atom. The summed E-state index contributed by atoms with van der Waals surface area (Å²) in [5.74, 6) is 0. The number of carbonyl (C=O) groups is 2. The molecule has 4 heteroatoms. The van der Waals surface area contributed by atoms with Crippen molar-refractivity contribution in [2.45, 2.75) is 52.3 Å². The molecule has 0 aliphatic carbocycles. The van der Waals surface area contributed by atoms with E-state index in [2.05, 4.69) is 6.07 Å². The molecule has 1 amide bonds. The van der Waals surface area contributed by atoms with E-state index in [1.165, 1.54) is 10.5 Å². The monoisotopic (exact) mass is 275 g/mol. The first-order chi connectivity index (χ1) is 9.30. The second kappa shape index (κ2) is 5.27. The Morgan fingerprint density at radius 1 is 1.35 bits per heavy atom. The van der Waals surface area contributed by atoms with Crippen LogP contribution in [0, 0.1) is 6.92 Å². The highest BCUT2D eigenvalue weighted by Gasteiger charge is 2.32. The number of carbonyl (C=O) groups excluding carboxylic acids is 2. The molecule has 0 fully saturated rings. The summed E-state index contributed by atoms with van der Waals surface area (Å²) in [7, 11) is 0. The fraction of sp³-hybridized carbons (Fsp3) is 0.500. The second-order valence-corrected chi connectivity index (χ2v) is 6.29. The molecule has 1 aromatic rings. The van der Waals surface area contributed by atoms with Crippen LogP contribution < -0.4 is 0 Å². The van der Waals surface area contributed by atoms with E-state index in [0.717, 1.165) is 17.4 Å². The molecule has 20 heavy (non-hydrogen) atoms. The van der Waals surface area contributed by atoms with Crippen LogP contribution in [0.5, 0.6) is 0 Å². The van der Waals surface area contributed by atoms with E-state index in [-0.39, 0.29) is 0 Å². The second-order valence-electron chi connectivity index (χ2n) is 6.29. The van der Waals surface area contributed by atoms with Crippen molar-refractivity contribution in [1.82, 2.24) is 4.90 Å². The molecule has 1 aromatic carbocycles. The number of benzene rings is 1. The van der Waals surface area contributed by atoms with Gasteiger partial charge >= 0.3 is 6.09 Å². The van der Waals surface area contributed by atoms with E-state index >= 15 is 0 Å². The number of rotatable bonds is 1. The summed E-state index contributed by atoms with van der Waals surface area (Å²) in [5, 5.41) is 0. The molecule has 0 saturated carbocycles. The lowest BCUT2D eigenvalue weighted by atomic mass is 9.93. The average molecular weight is 275 g/mol. The summed E-state index contributed by atoms with van der Waals surface area (Å²) in [4.78, 5) is 25.0. The summed E-state index contributed by atoms with van der Waals surface area (Å²) < 4.78 is 5.38. The fourth-order valence-corrected chi connectivity index (χ4v) is 2.38. The molecule has 4 nitrogen and oxygen atoms in total. The molecular weight excluding hydrogens is 254 g/mol. The summed E-state index contributed by atoms with van der Waals surface area (Å²) >= 11 is 0. The first kappa shape index (κ1) is 14.6. The Hall–Kier alpha value is -1.84. The Morgan fingerprint density at radius 2 is 2.05 bits per heavy atom. The van der Waals surface area contributed by atoms with Crippen molar-refractivity contribution >= 4 is 12.4 Å². The van der Waals surface area contributed by atoms with Gasteiger partial charge in [-0.1, -0.05) is 23.8 Å². The number of nitrogens with zero attached hydrogens (tertiary/aromatic N) is 1. The minimum atomic E-state index is -0.557. The lowest BCUT2D eigenvalue weighted by molar-refractivity contribution is -0.113. The summed E-state index contributed by atoms with van der Waals surface area (Å²) in [6.45, 7) is 7.91. The highest BCUT2D eigenvalue weighted by molar-refractivity contribution is 5.75. The molecule has 0 aromatic heterocycles. The number of amides is 1. The first-order valence-electron chi connectivity index (χ1n) is 6.83. The lowest BCUT2D eigenvalue weighted by Gasteiger charge is -2.35. The van der Waals surface area contributed by atoms with E-state index < -0.39 is 17.7 Å². The number of aldehydes is 1. The highest BCUT2D eigenvalue weighted by atomic mass is 16.6. The molecule has 0 unspecified atom stereocenters. The van der Waals surface area contributed by atoms with Crippen LogP contribution in [-0.4, -0.2) is 28.9 Å². The van der Waals surface area contributed by atoms with Gasteiger partial charge in [-0.3, -0.25) is 4.90 Å². The number of hydrogen-bond donors (Lipinski definition) is 0. The van der Waals surface area contributed by atoms with Crippen molar-refractivity contribution in [1.29, 1.82) is 0 Å². The third-order valence-electron chi connectivity index (χ3n) is 3.32. The van der Waals surface area contributed by atoms with Crippen LogP contribution in [0.25, 0.3) is 0 Å². The maximum atomic E-state index is 12.2. The Bertz CT molecular complexity index is 531. The van der Waals surface area contributed by atoms with Crippen LogP contribution >= 0.6 is 0 Å². The number of fused-ring (bicyclic) bond motifs is 1. The van der Waals surface area contributed by atoms with Gasteiger partial charge in [-0.25, -0.2) is 4.79 Å². The largest absolute Gasteiger partial charge is 0.444 e. The average Bonchev–Trinajstić information content (AvgIpc) is 2.34. The van der Waals surface area contributed by atoms with E-state index in [1.54, 1.807) is 0 Å². The Balaban J connectivity index is 2.24. The fourth-order valence-electron chi connectivity index (χ4n) is 2.38.